The number of nitrogens with one attached hydrogen (secondary N) is 1. The topological polar surface area (TPSA) is 102 Å². The van der Waals surface area contributed by atoms with Crippen molar-refractivity contribution in [2.24, 2.45) is 5.10 Å². The summed E-state index contributed by atoms with van der Waals surface area (Å²) in [7, 11) is -3.25. The van der Waals surface area contributed by atoms with Crippen LogP contribution in [0.2, 0.25) is 0 Å². The fourth-order valence-electron chi connectivity index (χ4n) is 1.88. The van der Waals surface area contributed by atoms with E-state index in [4.69, 9.17) is 0 Å². The van der Waals surface area contributed by atoms with E-state index in [-0.39, 0.29) is 16.3 Å². The van der Waals surface area contributed by atoms with E-state index in [1.54, 1.807) is 37.3 Å². The maximum absolute atomic E-state index is 11.4. The molecule has 0 saturated carbocycles. The molecule has 0 unspecified atom stereocenters. The van der Waals surface area contributed by atoms with Gasteiger partial charge in [0.05, 0.1) is 15.5 Å². The molecule has 1 N–H and O–H groups in total. The molecule has 0 bridgehead atoms. The highest BCUT2D eigenvalue weighted by molar-refractivity contribution is 7.90. The first kappa shape index (κ1) is 16.6. The number of sulfone groups is 1. The summed E-state index contributed by atoms with van der Waals surface area (Å²) < 4.78 is 22.8. The number of rotatable bonds is 5. The number of nitro groups is 1. The van der Waals surface area contributed by atoms with Crippen molar-refractivity contribution in [1.82, 2.24) is 0 Å². The SMILES string of the molecule is C/C(=N/Nc1ccccc1[N+](=O)[O-])c1ccc(S(C)(=O)=O)cc1. The number of para-hydroxylation sites is 2. The van der Waals surface area contributed by atoms with Gasteiger partial charge < -0.3 is 0 Å². The molecule has 0 amide bonds. The van der Waals surface area contributed by atoms with Gasteiger partial charge in [-0.25, -0.2) is 8.42 Å². The van der Waals surface area contributed by atoms with E-state index in [9.17, 15) is 18.5 Å². The fraction of sp³-hybridized carbons (Fsp3) is 0.133. The zero-order valence-electron chi connectivity index (χ0n) is 12.6. The number of nitrogens with zero attached hydrogens (tertiary/aromatic N) is 2. The van der Waals surface area contributed by atoms with Gasteiger partial charge in [-0.3, -0.25) is 15.5 Å². The fourth-order valence-corrected chi connectivity index (χ4v) is 2.51. The molecular formula is C15H15N3O4S. The van der Waals surface area contributed by atoms with Gasteiger partial charge in [-0.15, -0.1) is 0 Å². The molecule has 23 heavy (non-hydrogen) atoms. The Morgan fingerprint density at radius 2 is 1.74 bits per heavy atom. The molecule has 0 saturated heterocycles. The molecule has 0 fully saturated rings. The largest absolute Gasteiger partial charge is 0.294 e. The third-order valence-corrected chi connectivity index (χ3v) is 4.27. The number of anilines is 1. The highest BCUT2D eigenvalue weighted by Gasteiger charge is 2.12. The van der Waals surface area contributed by atoms with Crippen molar-refractivity contribution in [3.05, 3.63) is 64.2 Å². The van der Waals surface area contributed by atoms with Crippen molar-refractivity contribution in [2.75, 3.05) is 11.7 Å². The Labute approximate surface area is 133 Å². The van der Waals surface area contributed by atoms with E-state index in [0.29, 0.717) is 11.3 Å². The summed E-state index contributed by atoms with van der Waals surface area (Å²) in [6.07, 6.45) is 1.14. The molecule has 8 heteroatoms. The molecule has 0 spiro atoms. The van der Waals surface area contributed by atoms with E-state index in [2.05, 4.69) is 10.5 Å². The molecule has 0 aliphatic carbocycles. The van der Waals surface area contributed by atoms with Crippen molar-refractivity contribution >= 4 is 26.9 Å². The maximum Gasteiger partial charge on any atom is 0.294 e. The highest BCUT2D eigenvalue weighted by Crippen LogP contribution is 2.23. The minimum absolute atomic E-state index is 0.0727. The van der Waals surface area contributed by atoms with Crippen LogP contribution >= 0.6 is 0 Å². The zero-order valence-corrected chi connectivity index (χ0v) is 13.4. The van der Waals surface area contributed by atoms with Gasteiger partial charge in [0.25, 0.3) is 5.69 Å². The Morgan fingerprint density at radius 1 is 1.13 bits per heavy atom. The minimum Gasteiger partial charge on any atom is -0.271 e. The Kier molecular flexibility index (Phi) is 4.75. The van der Waals surface area contributed by atoms with Crippen molar-refractivity contribution in [3.8, 4) is 0 Å². The normalized spacial score (nSPS) is 12.0. The lowest BCUT2D eigenvalue weighted by molar-refractivity contribution is -0.384. The lowest BCUT2D eigenvalue weighted by Crippen LogP contribution is -2.03. The Balaban J connectivity index is 2.23. The first-order valence-corrected chi connectivity index (χ1v) is 8.52. The number of benzene rings is 2. The van der Waals surface area contributed by atoms with Crippen LogP contribution in [-0.4, -0.2) is 25.3 Å². The van der Waals surface area contributed by atoms with Gasteiger partial charge in [-0.1, -0.05) is 24.3 Å². The molecule has 2 aromatic rings. The van der Waals surface area contributed by atoms with Gasteiger partial charge in [-0.05, 0) is 30.7 Å². The van der Waals surface area contributed by atoms with Gasteiger partial charge in [-0.2, -0.15) is 5.10 Å². The van der Waals surface area contributed by atoms with Crippen LogP contribution in [0.1, 0.15) is 12.5 Å². The van der Waals surface area contributed by atoms with Crippen molar-refractivity contribution < 1.29 is 13.3 Å². The van der Waals surface area contributed by atoms with Gasteiger partial charge in [0.15, 0.2) is 9.84 Å². The molecule has 0 aliphatic heterocycles. The Hall–Kier alpha value is -2.74. The highest BCUT2D eigenvalue weighted by atomic mass is 32.2. The molecular weight excluding hydrogens is 318 g/mol. The van der Waals surface area contributed by atoms with Gasteiger partial charge in [0.1, 0.15) is 5.69 Å². The molecule has 0 radical (unpaired) electrons. The lowest BCUT2D eigenvalue weighted by atomic mass is 10.1. The first-order chi connectivity index (χ1) is 10.8. The molecule has 7 nitrogen and oxygen atoms in total. The second-order valence-corrected chi connectivity index (χ2v) is 6.90. The summed E-state index contributed by atoms with van der Waals surface area (Å²) in [5.74, 6) is 0. The predicted molar refractivity (Wildman–Crippen MR) is 88.5 cm³/mol. The summed E-state index contributed by atoms with van der Waals surface area (Å²) >= 11 is 0. The zero-order chi connectivity index (χ0) is 17.0. The minimum atomic E-state index is -3.25. The van der Waals surface area contributed by atoms with Crippen LogP contribution in [0.15, 0.2) is 58.5 Å². The van der Waals surface area contributed by atoms with Crippen molar-refractivity contribution in [3.63, 3.8) is 0 Å². The maximum atomic E-state index is 11.4. The van der Waals surface area contributed by atoms with Crippen LogP contribution in [-0.2, 0) is 9.84 Å². The van der Waals surface area contributed by atoms with Crippen LogP contribution in [0, 0.1) is 10.1 Å². The number of hydrogen-bond acceptors (Lipinski definition) is 6. The monoisotopic (exact) mass is 333 g/mol. The molecule has 120 valence electrons. The molecule has 0 atom stereocenters. The molecule has 2 rings (SSSR count). The third-order valence-electron chi connectivity index (χ3n) is 3.15. The second kappa shape index (κ2) is 6.57. The number of nitro benzene ring substituents is 1. The quantitative estimate of drug-likeness (QED) is 0.515. The van der Waals surface area contributed by atoms with Crippen LogP contribution in [0.25, 0.3) is 0 Å². The summed E-state index contributed by atoms with van der Waals surface area (Å²) in [5.41, 5.74) is 4.16. The van der Waals surface area contributed by atoms with E-state index in [1.807, 2.05) is 0 Å². The van der Waals surface area contributed by atoms with E-state index in [1.165, 1.54) is 18.2 Å². The van der Waals surface area contributed by atoms with Gasteiger partial charge in [0.2, 0.25) is 0 Å². The number of hydrazone groups is 1. The van der Waals surface area contributed by atoms with Gasteiger partial charge in [0, 0.05) is 12.3 Å². The standard InChI is InChI=1S/C15H15N3O4S/c1-11(12-7-9-13(10-8-12)23(2,21)22)16-17-14-5-3-4-6-15(14)18(19)20/h3-10,17H,1-2H3/b16-11-. The van der Waals surface area contributed by atoms with Gasteiger partial charge >= 0.3 is 0 Å². The number of hydrogen-bond donors (Lipinski definition) is 1. The Bertz CT molecular complexity index is 859. The Morgan fingerprint density at radius 3 is 2.30 bits per heavy atom. The second-order valence-electron chi connectivity index (χ2n) is 4.88. The molecule has 0 aromatic heterocycles. The summed E-state index contributed by atoms with van der Waals surface area (Å²) in [6, 6.07) is 12.4. The third kappa shape index (κ3) is 4.13. The van der Waals surface area contributed by atoms with Crippen LogP contribution in [0.3, 0.4) is 0 Å². The smallest absolute Gasteiger partial charge is 0.271 e. The van der Waals surface area contributed by atoms with Crippen molar-refractivity contribution in [2.45, 2.75) is 11.8 Å². The predicted octanol–water partition coefficient (Wildman–Crippen LogP) is 2.83. The molecule has 2 aromatic carbocycles. The van der Waals surface area contributed by atoms with Crippen LogP contribution in [0.5, 0.6) is 0 Å². The average molecular weight is 333 g/mol. The average Bonchev–Trinajstić information content (AvgIpc) is 2.52. The molecule has 0 heterocycles. The van der Waals surface area contributed by atoms with E-state index >= 15 is 0 Å². The van der Waals surface area contributed by atoms with Crippen LogP contribution < -0.4 is 5.43 Å². The van der Waals surface area contributed by atoms with Crippen molar-refractivity contribution in [1.29, 1.82) is 0 Å². The summed E-state index contributed by atoms with van der Waals surface area (Å²) in [5, 5.41) is 15.0. The van der Waals surface area contributed by atoms with E-state index in [0.717, 1.165) is 6.26 Å². The van der Waals surface area contributed by atoms with Crippen LogP contribution in [0.4, 0.5) is 11.4 Å². The molecule has 0 aliphatic rings. The first-order valence-electron chi connectivity index (χ1n) is 6.63. The van der Waals surface area contributed by atoms with E-state index < -0.39 is 14.8 Å². The summed E-state index contributed by atoms with van der Waals surface area (Å²) in [4.78, 5) is 10.7. The summed E-state index contributed by atoms with van der Waals surface area (Å²) in [6.45, 7) is 1.72. The lowest BCUT2D eigenvalue weighted by Gasteiger charge is -2.05.